The van der Waals surface area contributed by atoms with Gasteiger partial charge in [-0.2, -0.15) is 0 Å². The highest BCUT2D eigenvalue weighted by molar-refractivity contribution is 6.32. The summed E-state index contributed by atoms with van der Waals surface area (Å²) in [6.07, 6.45) is 1.65. The van der Waals surface area contributed by atoms with Crippen molar-refractivity contribution in [2.24, 2.45) is 0 Å². The summed E-state index contributed by atoms with van der Waals surface area (Å²) in [6, 6.07) is 5.43. The van der Waals surface area contributed by atoms with Crippen molar-refractivity contribution in [1.29, 1.82) is 0 Å². The number of hydrogen-bond acceptors (Lipinski definition) is 3. The fourth-order valence-electron chi connectivity index (χ4n) is 1.99. The first kappa shape index (κ1) is 12.2. The molecule has 1 aromatic carbocycles. The standard InChI is InChI=1S/C12H15ClN2O2/c1-14-15-11(16)12(5-6-12)9-4-3-8(17-2)7-10(9)13/h3-4,7,14H,5-6H2,1-2H3,(H,15,16). The smallest absolute Gasteiger partial charge is 0.244 e. The number of hydrazine groups is 1. The maximum Gasteiger partial charge on any atom is 0.244 e. The number of nitrogens with one attached hydrogen (secondary N) is 2. The minimum Gasteiger partial charge on any atom is -0.497 e. The minimum atomic E-state index is -0.466. The van der Waals surface area contributed by atoms with Crippen LogP contribution in [0.15, 0.2) is 18.2 Å². The van der Waals surface area contributed by atoms with E-state index in [0.29, 0.717) is 10.8 Å². The van der Waals surface area contributed by atoms with Crippen LogP contribution in [0.5, 0.6) is 5.75 Å². The first-order valence-corrected chi connectivity index (χ1v) is 5.83. The fraction of sp³-hybridized carbons (Fsp3) is 0.417. The van der Waals surface area contributed by atoms with Gasteiger partial charge >= 0.3 is 0 Å². The third-order valence-electron chi connectivity index (χ3n) is 3.11. The fourth-order valence-corrected chi connectivity index (χ4v) is 2.34. The van der Waals surface area contributed by atoms with Crippen LogP contribution in [0.2, 0.25) is 5.02 Å². The van der Waals surface area contributed by atoms with Gasteiger partial charge in [-0.15, -0.1) is 0 Å². The highest BCUT2D eigenvalue weighted by atomic mass is 35.5. The highest BCUT2D eigenvalue weighted by Crippen LogP contribution is 2.51. The number of carbonyl (C=O) groups is 1. The molecule has 4 nitrogen and oxygen atoms in total. The van der Waals surface area contributed by atoms with Gasteiger partial charge in [0.05, 0.1) is 12.5 Å². The van der Waals surface area contributed by atoms with Crippen molar-refractivity contribution < 1.29 is 9.53 Å². The van der Waals surface area contributed by atoms with Crippen molar-refractivity contribution in [3.05, 3.63) is 28.8 Å². The van der Waals surface area contributed by atoms with E-state index in [2.05, 4.69) is 10.9 Å². The molecule has 1 saturated carbocycles. The summed E-state index contributed by atoms with van der Waals surface area (Å²) in [5.41, 5.74) is 5.68. The monoisotopic (exact) mass is 254 g/mol. The summed E-state index contributed by atoms with van der Waals surface area (Å²) in [5.74, 6) is 0.663. The second-order valence-electron chi connectivity index (χ2n) is 4.13. The van der Waals surface area contributed by atoms with Gasteiger partial charge in [0.2, 0.25) is 5.91 Å². The number of carbonyl (C=O) groups excluding carboxylic acids is 1. The molecule has 2 rings (SSSR count). The third kappa shape index (κ3) is 2.10. The maximum atomic E-state index is 12.0. The normalized spacial score (nSPS) is 16.4. The van der Waals surface area contributed by atoms with Gasteiger partial charge in [0.15, 0.2) is 0 Å². The van der Waals surface area contributed by atoms with Crippen molar-refractivity contribution in [3.8, 4) is 5.75 Å². The Bertz CT molecular complexity index is 444. The number of amides is 1. The minimum absolute atomic E-state index is 0.0351. The molecule has 1 aliphatic rings. The molecule has 0 unspecified atom stereocenters. The van der Waals surface area contributed by atoms with E-state index in [0.717, 1.165) is 18.4 Å². The Labute approximate surface area is 105 Å². The predicted molar refractivity (Wildman–Crippen MR) is 66.1 cm³/mol. The van der Waals surface area contributed by atoms with Gasteiger partial charge in [-0.05, 0) is 30.5 Å². The molecular weight excluding hydrogens is 240 g/mol. The zero-order valence-electron chi connectivity index (χ0n) is 9.84. The van der Waals surface area contributed by atoms with Crippen LogP contribution in [-0.2, 0) is 10.2 Å². The zero-order valence-corrected chi connectivity index (χ0v) is 10.6. The number of benzene rings is 1. The highest BCUT2D eigenvalue weighted by Gasteiger charge is 2.52. The van der Waals surface area contributed by atoms with E-state index in [1.54, 1.807) is 20.2 Å². The summed E-state index contributed by atoms with van der Waals surface area (Å²) in [7, 11) is 3.26. The molecule has 1 aliphatic carbocycles. The average Bonchev–Trinajstić information content (AvgIpc) is 3.10. The summed E-state index contributed by atoms with van der Waals surface area (Å²) >= 11 is 6.20. The second kappa shape index (κ2) is 4.55. The van der Waals surface area contributed by atoms with Crippen molar-refractivity contribution >= 4 is 17.5 Å². The number of halogens is 1. The van der Waals surface area contributed by atoms with Crippen LogP contribution in [0.4, 0.5) is 0 Å². The van der Waals surface area contributed by atoms with Gasteiger partial charge in [-0.25, -0.2) is 5.43 Å². The molecule has 0 aliphatic heterocycles. The molecule has 0 atom stereocenters. The Morgan fingerprint density at radius 2 is 2.18 bits per heavy atom. The van der Waals surface area contributed by atoms with Crippen LogP contribution in [0.3, 0.4) is 0 Å². The Hall–Kier alpha value is -1.26. The topological polar surface area (TPSA) is 50.4 Å². The molecule has 0 spiro atoms. The van der Waals surface area contributed by atoms with Crippen LogP contribution >= 0.6 is 11.6 Å². The lowest BCUT2D eigenvalue weighted by Gasteiger charge is -2.17. The lowest BCUT2D eigenvalue weighted by Crippen LogP contribution is -2.41. The molecule has 0 aromatic heterocycles. The van der Waals surface area contributed by atoms with Crippen molar-refractivity contribution in [2.45, 2.75) is 18.3 Å². The predicted octanol–water partition coefficient (Wildman–Crippen LogP) is 1.63. The van der Waals surface area contributed by atoms with Crippen LogP contribution in [0.1, 0.15) is 18.4 Å². The summed E-state index contributed by atoms with van der Waals surface area (Å²) in [5, 5.41) is 0.577. The zero-order chi connectivity index (χ0) is 12.5. The summed E-state index contributed by atoms with van der Waals surface area (Å²) in [4.78, 5) is 12.0. The van der Waals surface area contributed by atoms with Crippen molar-refractivity contribution in [1.82, 2.24) is 10.9 Å². The molecule has 0 saturated heterocycles. The van der Waals surface area contributed by atoms with Gasteiger partial charge < -0.3 is 4.74 Å². The number of rotatable bonds is 4. The van der Waals surface area contributed by atoms with Crippen LogP contribution in [0.25, 0.3) is 0 Å². The average molecular weight is 255 g/mol. The number of ether oxygens (including phenoxy) is 1. The molecular formula is C12H15ClN2O2. The first-order valence-electron chi connectivity index (χ1n) is 5.45. The van der Waals surface area contributed by atoms with E-state index >= 15 is 0 Å². The largest absolute Gasteiger partial charge is 0.497 e. The molecule has 1 fully saturated rings. The van der Waals surface area contributed by atoms with Crippen LogP contribution in [-0.4, -0.2) is 20.1 Å². The van der Waals surface area contributed by atoms with Crippen LogP contribution in [0, 0.1) is 0 Å². The molecule has 17 heavy (non-hydrogen) atoms. The molecule has 0 bridgehead atoms. The lowest BCUT2D eigenvalue weighted by atomic mass is 9.95. The van der Waals surface area contributed by atoms with E-state index in [4.69, 9.17) is 16.3 Å². The summed E-state index contributed by atoms with van der Waals surface area (Å²) in [6.45, 7) is 0. The Morgan fingerprint density at radius 1 is 1.47 bits per heavy atom. The Balaban J connectivity index is 2.31. The SMILES string of the molecule is CNNC(=O)C1(c2ccc(OC)cc2Cl)CC1. The van der Waals surface area contributed by atoms with E-state index in [-0.39, 0.29) is 5.91 Å². The van der Waals surface area contributed by atoms with Gasteiger partial charge in [0.1, 0.15) is 5.75 Å². The van der Waals surface area contributed by atoms with Crippen LogP contribution < -0.4 is 15.6 Å². The van der Waals surface area contributed by atoms with E-state index in [9.17, 15) is 4.79 Å². The molecule has 2 N–H and O–H groups in total. The Kier molecular flexibility index (Phi) is 3.26. The Morgan fingerprint density at radius 3 is 2.65 bits per heavy atom. The molecule has 92 valence electrons. The van der Waals surface area contributed by atoms with E-state index in [1.165, 1.54) is 0 Å². The molecule has 5 heteroatoms. The summed E-state index contributed by atoms with van der Waals surface area (Å²) < 4.78 is 5.09. The molecule has 0 radical (unpaired) electrons. The van der Waals surface area contributed by atoms with Gasteiger partial charge in [-0.1, -0.05) is 17.7 Å². The maximum absolute atomic E-state index is 12.0. The van der Waals surface area contributed by atoms with Gasteiger partial charge in [0, 0.05) is 12.1 Å². The first-order chi connectivity index (χ1) is 8.14. The molecule has 1 aromatic rings. The second-order valence-corrected chi connectivity index (χ2v) is 4.54. The van der Waals surface area contributed by atoms with Crippen molar-refractivity contribution in [3.63, 3.8) is 0 Å². The number of methoxy groups -OCH3 is 1. The molecule has 1 amide bonds. The quantitative estimate of drug-likeness (QED) is 0.803. The number of hydrogen-bond donors (Lipinski definition) is 2. The van der Waals surface area contributed by atoms with Crippen molar-refractivity contribution in [2.75, 3.05) is 14.2 Å². The lowest BCUT2D eigenvalue weighted by molar-refractivity contribution is -0.124. The van der Waals surface area contributed by atoms with Gasteiger partial charge in [0.25, 0.3) is 0 Å². The third-order valence-corrected chi connectivity index (χ3v) is 3.43. The molecule has 0 heterocycles. The van der Waals surface area contributed by atoms with E-state index in [1.807, 2.05) is 12.1 Å². The van der Waals surface area contributed by atoms with Gasteiger partial charge in [-0.3, -0.25) is 10.2 Å². The van der Waals surface area contributed by atoms with E-state index < -0.39 is 5.41 Å².